The summed E-state index contributed by atoms with van der Waals surface area (Å²) in [4.78, 5) is 103. The van der Waals surface area contributed by atoms with E-state index in [0.717, 1.165) is 50.8 Å². The van der Waals surface area contributed by atoms with E-state index in [0.29, 0.717) is 55.7 Å². The van der Waals surface area contributed by atoms with Crippen LogP contribution in [0.1, 0.15) is 55.8 Å². The third-order valence-corrected chi connectivity index (χ3v) is 21.0. The minimum absolute atomic E-state index is 0. The van der Waals surface area contributed by atoms with Crippen molar-refractivity contribution in [1.29, 1.82) is 0 Å². The number of H-pyrrole nitrogens is 2. The van der Waals surface area contributed by atoms with E-state index in [4.69, 9.17) is 128 Å². The Labute approximate surface area is 765 Å². The number of hydrogen-bond acceptors (Lipinski definition) is 23. The first-order valence-corrected chi connectivity index (χ1v) is 39.0. The molecule has 14 rings (SSSR count). The monoisotopic (exact) mass is 2120 g/mol. The van der Waals surface area contributed by atoms with Gasteiger partial charge >= 0.3 is 0 Å². The maximum absolute atomic E-state index is 12.5. The van der Waals surface area contributed by atoms with Crippen molar-refractivity contribution in [1.82, 2.24) is 83.2 Å². The van der Waals surface area contributed by atoms with Gasteiger partial charge in [0.1, 0.15) is 55.2 Å². The summed E-state index contributed by atoms with van der Waals surface area (Å²) in [6, 6.07) is 17.7. The quantitative estimate of drug-likeness (QED) is 0.0361. The van der Waals surface area contributed by atoms with Gasteiger partial charge in [0.25, 0.3) is 27.8 Å². The Morgan fingerprint density at radius 2 is 0.897 bits per heavy atom. The number of benzene rings is 6. The zero-order valence-corrected chi connectivity index (χ0v) is 77.7. The number of nitrogens with one attached hydrogen (secondary N) is 3. The molecular weight excluding hydrogens is 2060 g/mol. The predicted octanol–water partition coefficient (Wildman–Crippen LogP) is 17.4. The van der Waals surface area contributed by atoms with Crippen molar-refractivity contribution in [2.75, 3.05) is 34.2 Å². The van der Waals surface area contributed by atoms with Gasteiger partial charge in [0.05, 0.1) is 132 Å². The molecule has 0 unspecified atom stereocenters. The number of phenols is 6. The SMILES string of the molecule is Br.Br.Br.CCCn1cnc2c(O)c(I)ccc2c1=S.CCN(CC)Cc1nc2c(O)c(Cl)cc(Cl)c2c(=O)[nH]1.CN(C)Cc1nc2c(O)c(Cl)cc(Cl)c2c(=O)[nH]1.CNCc1nc2c(O)c(Cl)cc(Cl)c2c(=O)n1C.O=c1c2c(Cl)cc(Cl)c(O)c2ncn1Cc1cccnc1.O=c1c2c(Cl)cc(Cl)c(O)c2ncn1Cc1ccncc1. The van der Waals surface area contributed by atoms with Gasteiger partial charge in [-0.3, -0.25) is 52.5 Å². The molecule has 14 aromatic rings. The molecule has 43 heteroatoms. The Morgan fingerprint density at radius 3 is 1.32 bits per heavy atom. The molecule has 620 valence electrons. The van der Waals surface area contributed by atoms with Gasteiger partial charge in [0.15, 0.2) is 34.5 Å². The molecule has 0 aliphatic carbocycles. The van der Waals surface area contributed by atoms with Crippen molar-refractivity contribution in [2.24, 2.45) is 7.05 Å². The lowest BCUT2D eigenvalue weighted by Gasteiger charge is -2.17. The van der Waals surface area contributed by atoms with E-state index in [1.807, 2.05) is 55.6 Å². The highest BCUT2D eigenvalue weighted by atomic mass is 127. The first-order chi connectivity index (χ1) is 54.1. The topological polar surface area (TPSA) is 380 Å². The number of phenolic OH excluding ortho intramolecular Hbond substituents is 6. The van der Waals surface area contributed by atoms with Gasteiger partial charge in [0.2, 0.25) is 0 Å². The molecule has 0 radical (unpaired) electrons. The number of aromatic nitrogens is 14. The minimum Gasteiger partial charge on any atom is -0.505 e. The first kappa shape index (κ1) is 98.5. The lowest BCUT2D eigenvalue weighted by atomic mass is 10.2. The first-order valence-electron chi connectivity index (χ1n) is 33.7. The van der Waals surface area contributed by atoms with Crippen molar-refractivity contribution < 1.29 is 30.6 Å². The smallest absolute Gasteiger partial charge is 0.263 e. The molecular formula is C74H69Br3Cl10IN17O11S. The highest BCUT2D eigenvalue weighted by molar-refractivity contribution is 14.1. The number of fused-ring (bicyclic) bond motifs is 6. The van der Waals surface area contributed by atoms with Crippen LogP contribution in [0.15, 0.2) is 134 Å². The molecule has 8 aromatic heterocycles. The number of pyridine rings is 2. The third-order valence-electron chi connectivity index (χ3n) is 16.7. The van der Waals surface area contributed by atoms with Gasteiger partial charge in [-0.1, -0.05) is 155 Å². The summed E-state index contributed by atoms with van der Waals surface area (Å²) in [5.41, 5.74) is 1.15. The summed E-state index contributed by atoms with van der Waals surface area (Å²) in [7, 11) is 7.02. The Kier molecular flexibility index (Phi) is 37.2. The molecule has 28 nitrogen and oxygen atoms in total. The molecule has 0 bridgehead atoms. The summed E-state index contributed by atoms with van der Waals surface area (Å²) >= 11 is 66.6. The molecule has 0 spiro atoms. The Bertz CT molecular complexity index is 6240. The summed E-state index contributed by atoms with van der Waals surface area (Å²) in [5, 5.41) is 65.0. The van der Waals surface area contributed by atoms with Crippen LogP contribution in [0.4, 0.5) is 0 Å². The van der Waals surface area contributed by atoms with E-state index in [1.165, 1.54) is 56.7 Å². The van der Waals surface area contributed by atoms with E-state index < -0.39 is 5.56 Å². The van der Waals surface area contributed by atoms with Crippen molar-refractivity contribution in [3.8, 4) is 34.5 Å². The van der Waals surface area contributed by atoms with Crippen LogP contribution in [0.25, 0.3) is 65.4 Å². The van der Waals surface area contributed by atoms with Crippen LogP contribution in [-0.4, -0.2) is 143 Å². The Balaban J connectivity index is 0.000000217. The molecule has 0 fully saturated rings. The second-order valence-corrected chi connectivity index (χ2v) is 30.4. The molecule has 0 amide bonds. The van der Waals surface area contributed by atoms with E-state index in [-0.39, 0.29) is 212 Å². The third kappa shape index (κ3) is 23.2. The highest BCUT2D eigenvalue weighted by Crippen LogP contribution is 2.39. The van der Waals surface area contributed by atoms with Crippen LogP contribution < -0.4 is 33.1 Å². The second-order valence-electron chi connectivity index (χ2n) is 24.8. The van der Waals surface area contributed by atoms with Crippen molar-refractivity contribution >= 4 is 267 Å². The molecule has 6 aromatic carbocycles. The van der Waals surface area contributed by atoms with Gasteiger partial charge in [-0.05, 0) is 135 Å². The van der Waals surface area contributed by atoms with Crippen LogP contribution in [0.5, 0.6) is 34.5 Å². The maximum Gasteiger partial charge on any atom is 0.263 e. The van der Waals surface area contributed by atoms with Gasteiger partial charge in [-0.15, -0.1) is 50.9 Å². The molecule has 0 saturated carbocycles. The molecule has 0 aliphatic rings. The summed E-state index contributed by atoms with van der Waals surface area (Å²) in [6.45, 7) is 10.6. The van der Waals surface area contributed by atoms with Crippen LogP contribution >= 0.6 is 202 Å². The summed E-state index contributed by atoms with van der Waals surface area (Å²) in [5.74, 6) is 0.430. The molecule has 117 heavy (non-hydrogen) atoms. The van der Waals surface area contributed by atoms with E-state index in [2.05, 4.69) is 89.6 Å². The van der Waals surface area contributed by atoms with E-state index in [9.17, 15) is 54.6 Å². The summed E-state index contributed by atoms with van der Waals surface area (Å²) in [6.07, 6.45) is 12.0. The zero-order chi connectivity index (χ0) is 83.4. The van der Waals surface area contributed by atoms with Gasteiger partial charge in [0, 0.05) is 43.8 Å². The minimum atomic E-state index is -0.395. The number of rotatable bonds is 14. The molecule has 0 atom stereocenters. The van der Waals surface area contributed by atoms with Crippen LogP contribution in [0.3, 0.4) is 0 Å². The molecule has 0 saturated heterocycles. The van der Waals surface area contributed by atoms with E-state index >= 15 is 0 Å². The molecule has 8 heterocycles. The standard InChI is InChI=1S/2C14H9Cl2N3O2.C13H15Cl2N3O2.2C11H11Cl2N3O2.C11H11IN2OS.3BrH/c15-9-5-10(16)13(20)12-11(9)14(21)19(7-18-12)6-8-1-3-17-4-2-8;15-9-4-10(16)13(20)12-11(9)14(21)19(7-18-12)6-8-2-1-3-17-5-8;1-3-18(4-2)6-9-16-11-10(13(20)17-9)7(14)5-8(15)12(11)19;1-16(2)4-7-14-9-8(11(18)15-7)5(12)3-6(13)10(9)17;1-14-4-7-15-9-8(11(18)16(7)2)5(12)3-6(13)10(9)17;1-2-5-14-6-13-9-7(11(14)16)3-4-8(12)10(9)15;;;/h2*1-5,7,20H,6H2;5,19H,3-4,6H2,1-2H3,(H,16,17,20);3,17H,4H2,1-2H3,(H,14,15,18);3,14,17H,4H2,1-2H3;3-4,6,15H,2,5H2,1H3;3*1H. The molecule has 9 N–H and O–H groups in total. The Morgan fingerprint density at radius 1 is 0.487 bits per heavy atom. The number of aromatic amines is 2. The van der Waals surface area contributed by atoms with Crippen LogP contribution in [0.2, 0.25) is 50.2 Å². The number of hydrogen-bond donors (Lipinski definition) is 9. The number of aryl methyl sites for hydroxylation is 1. The van der Waals surface area contributed by atoms with Gasteiger partial charge in [-0.2, -0.15) is 0 Å². The van der Waals surface area contributed by atoms with Crippen molar-refractivity contribution in [3.63, 3.8) is 0 Å². The van der Waals surface area contributed by atoms with Gasteiger partial charge in [-0.25, -0.2) is 29.9 Å². The fraction of sp³-hybridized carbons (Fsp3) is 0.216. The maximum atomic E-state index is 12.5. The normalized spacial score (nSPS) is 10.8. The van der Waals surface area contributed by atoms with Crippen molar-refractivity contribution in [3.05, 3.63) is 249 Å². The lowest BCUT2D eigenvalue weighted by molar-refractivity contribution is 0.288. The van der Waals surface area contributed by atoms with Crippen molar-refractivity contribution in [2.45, 2.75) is 66.5 Å². The number of nitrogens with zero attached hydrogens (tertiary/aromatic N) is 14. The number of aromatic hydroxyl groups is 6. The number of halogens is 14. The largest absolute Gasteiger partial charge is 0.505 e. The fourth-order valence-corrected chi connectivity index (χ4v) is 14.5. The van der Waals surface area contributed by atoms with Gasteiger partial charge < -0.3 is 55.4 Å². The van der Waals surface area contributed by atoms with Crippen LogP contribution in [0, 0.1) is 8.21 Å². The zero-order valence-electron chi connectivity index (χ0n) is 62.0. The second kappa shape index (κ2) is 44.3. The van der Waals surface area contributed by atoms with Crippen LogP contribution in [-0.2, 0) is 46.3 Å². The van der Waals surface area contributed by atoms with E-state index in [1.54, 1.807) is 63.4 Å². The summed E-state index contributed by atoms with van der Waals surface area (Å²) < 4.78 is 7.66. The molecule has 0 aliphatic heterocycles. The lowest BCUT2D eigenvalue weighted by Crippen LogP contribution is -2.25. The predicted molar refractivity (Wildman–Crippen MR) is 492 cm³/mol. The fourth-order valence-electron chi connectivity index (χ4n) is 11.1. The highest BCUT2D eigenvalue weighted by Gasteiger charge is 2.22. The average Bonchev–Trinajstić information content (AvgIpc) is 0.786. The average molecular weight is 2130 g/mol. The Hall–Kier alpha value is -7.37.